The molecule has 14 heavy (non-hydrogen) atoms. The molecule has 0 radical (unpaired) electrons. The zero-order valence-corrected chi connectivity index (χ0v) is 8.51. The van der Waals surface area contributed by atoms with Crippen LogP contribution in [0.3, 0.4) is 0 Å². The summed E-state index contributed by atoms with van der Waals surface area (Å²) in [4.78, 5) is 7.77. The maximum Gasteiger partial charge on any atom is 0.0297 e. The number of pyridine rings is 2. The molecule has 0 unspecified atom stereocenters. The Morgan fingerprint density at radius 2 is 1.36 bits per heavy atom. The number of hydrogen-bond acceptors (Lipinski definition) is 2. The van der Waals surface area contributed by atoms with E-state index in [1.54, 1.807) is 12.4 Å². The van der Waals surface area contributed by atoms with Crippen LogP contribution in [0.1, 0.15) is 11.1 Å². The van der Waals surface area contributed by atoms with Gasteiger partial charge in [0.1, 0.15) is 0 Å². The molecule has 0 aromatic carbocycles. The molecule has 0 aliphatic rings. The van der Waals surface area contributed by atoms with Crippen LogP contribution in [-0.2, 0) is 0 Å². The van der Waals surface area contributed by atoms with Crippen molar-refractivity contribution in [1.82, 2.24) is 9.97 Å². The molecule has 2 aromatic heterocycles. The summed E-state index contributed by atoms with van der Waals surface area (Å²) in [5.74, 6) is 0. The maximum absolute atomic E-state index is 3.98. The van der Waals surface area contributed by atoms with E-state index in [2.05, 4.69) is 16.0 Å². The SMILES string of the molecule is Cc1cncc(C)c1.c1ccncc1. The minimum absolute atomic E-state index is 1.23. The fourth-order valence-corrected chi connectivity index (χ4v) is 1.02. The molecular weight excluding hydrogens is 172 g/mol. The Hall–Kier alpha value is -1.70. The summed E-state index contributed by atoms with van der Waals surface area (Å²) in [6, 6.07) is 7.82. The smallest absolute Gasteiger partial charge is 0.0297 e. The average molecular weight is 186 g/mol. The minimum atomic E-state index is 1.23. The summed E-state index contributed by atoms with van der Waals surface area (Å²) in [6.45, 7) is 4.08. The predicted molar refractivity (Wildman–Crippen MR) is 57.9 cm³/mol. The van der Waals surface area contributed by atoms with Crippen LogP contribution < -0.4 is 0 Å². The predicted octanol–water partition coefficient (Wildman–Crippen LogP) is 2.78. The molecule has 72 valence electrons. The molecule has 0 N–H and O–H groups in total. The summed E-state index contributed by atoms with van der Waals surface area (Å²) < 4.78 is 0. The number of aromatic nitrogens is 2. The van der Waals surface area contributed by atoms with Crippen LogP contribution in [-0.4, -0.2) is 9.97 Å². The standard InChI is InChI=1S/C7H9N.C5H5N/c1-6-3-7(2)5-8-4-6;1-2-4-6-5-3-1/h3-5H,1-2H3;1-5H. The van der Waals surface area contributed by atoms with Crippen LogP contribution in [0.2, 0.25) is 0 Å². The highest BCUT2D eigenvalue weighted by atomic mass is 14.6. The fourth-order valence-electron chi connectivity index (χ4n) is 1.02. The van der Waals surface area contributed by atoms with E-state index in [1.165, 1.54) is 11.1 Å². The van der Waals surface area contributed by atoms with Gasteiger partial charge in [0.05, 0.1) is 0 Å². The molecule has 0 saturated carbocycles. The van der Waals surface area contributed by atoms with E-state index in [-0.39, 0.29) is 0 Å². The zero-order valence-electron chi connectivity index (χ0n) is 8.51. The Labute approximate surface area is 84.7 Å². The summed E-state index contributed by atoms with van der Waals surface area (Å²) in [6.07, 6.45) is 7.21. The van der Waals surface area contributed by atoms with Gasteiger partial charge in [-0.25, -0.2) is 0 Å². The minimum Gasteiger partial charge on any atom is -0.265 e. The zero-order chi connectivity index (χ0) is 10.2. The largest absolute Gasteiger partial charge is 0.265 e. The van der Waals surface area contributed by atoms with Gasteiger partial charge < -0.3 is 0 Å². The number of aryl methyl sites for hydroxylation is 2. The monoisotopic (exact) mass is 186 g/mol. The topological polar surface area (TPSA) is 25.8 Å². The molecule has 0 atom stereocenters. The van der Waals surface area contributed by atoms with Crippen molar-refractivity contribution < 1.29 is 0 Å². The van der Waals surface area contributed by atoms with Gasteiger partial charge in [-0.2, -0.15) is 0 Å². The lowest BCUT2D eigenvalue weighted by atomic mass is 10.2. The van der Waals surface area contributed by atoms with E-state index < -0.39 is 0 Å². The first-order chi connectivity index (χ1) is 6.79. The molecule has 0 aliphatic heterocycles. The third-order valence-corrected chi connectivity index (χ3v) is 1.58. The van der Waals surface area contributed by atoms with Crippen LogP contribution in [0.25, 0.3) is 0 Å². The lowest BCUT2D eigenvalue weighted by molar-refractivity contribution is 1.22. The van der Waals surface area contributed by atoms with E-state index in [0.717, 1.165) is 0 Å². The average Bonchev–Trinajstić information content (AvgIpc) is 2.21. The van der Waals surface area contributed by atoms with Crippen LogP contribution >= 0.6 is 0 Å². The second-order valence-electron chi connectivity index (χ2n) is 3.06. The molecule has 0 saturated heterocycles. The Morgan fingerprint density at radius 1 is 0.786 bits per heavy atom. The first kappa shape index (κ1) is 10.4. The summed E-state index contributed by atoms with van der Waals surface area (Å²) in [5, 5.41) is 0. The number of nitrogens with zero attached hydrogens (tertiary/aromatic N) is 2. The van der Waals surface area contributed by atoms with Crippen molar-refractivity contribution in [2.24, 2.45) is 0 Å². The summed E-state index contributed by atoms with van der Waals surface area (Å²) >= 11 is 0. The Morgan fingerprint density at radius 3 is 1.57 bits per heavy atom. The Bertz CT molecular complexity index is 314. The van der Waals surface area contributed by atoms with Gasteiger partial charge >= 0.3 is 0 Å². The Balaban J connectivity index is 0.000000146. The van der Waals surface area contributed by atoms with E-state index in [4.69, 9.17) is 0 Å². The van der Waals surface area contributed by atoms with E-state index in [9.17, 15) is 0 Å². The normalized spacial score (nSPS) is 8.71. The van der Waals surface area contributed by atoms with Crippen molar-refractivity contribution in [1.29, 1.82) is 0 Å². The van der Waals surface area contributed by atoms with Gasteiger partial charge in [-0.3, -0.25) is 9.97 Å². The van der Waals surface area contributed by atoms with Crippen molar-refractivity contribution in [3.8, 4) is 0 Å². The van der Waals surface area contributed by atoms with Gasteiger partial charge in [0.2, 0.25) is 0 Å². The van der Waals surface area contributed by atoms with Gasteiger partial charge in [0.15, 0.2) is 0 Å². The van der Waals surface area contributed by atoms with Crippen molar-refractivity contribution in [3.05, 3.63) is 60.2 Å². The highest BCUT2D eigenvalue weighted by molar-refractivity contribution is 5.14. The molecule has 2 heterocycles. The lowest BCUT2D eigenvalue weighted by Crippen LogP contribution is -1.76. The molecule has 2 rings (SSSR count). The molecular formula is C12H14N2. The number of rotatable bonds is 0. The molecule has 0 bridgehead atoms. The van der Waals surface area contributed by atoms with Crippen LogP contribution in [0.5, 0.6) is 0 Å². The van der Waals surface area contributed by atoms with E-state index in [0.29, 0.717) is 0 Å². The van der Waals surface area contributed by atoms with Crippen molar-refractivity contribution in [2.45, 2.75) is 13.8 Å². The van der Waals surface area contributed by atoms with Crippen molar-refractivity contribution in [3.63, 3.8) is 0 Å². The molecule has 2 nitrogen and oxygen atoms in total. The first-order valence-corrected chi connectivity index (χ1v) is 4.52. The molecule has 0 fully saturated rings. The quantitative estimate of drug-likeness (QED) is 0.632. The second kappa shape index (κ2) is 5.86. The van der Waals surface area contributed by atoms with Crippen molar-refractivity contribution in [2.75, 3.05) is 0 Å². The molecule has 0 spiro atoms. The highest BCUT2D eigenvalue weighted by Crippen LogP contribution is 1.96. The van der Waals surface area contributed by atoms with Gasteiger partial charge in [-0.15, -0.1) is 0 Å². The second-order valence-corrected chi connectivity index (χ2v) is 3.06. The third-order valence-electron chi connectivity index (χ3n) is 1.58. The van der Waals surface area contributed by atoms with Crippen molar-refractivity contribution >= 4 is 0 Å². The van der Waals surface area contributed by atoms with E-state index in [1.807, 2.05) is 44.4 Å². The third kappa shape index (κ3) is 4.36. The fraction of sp³-hybridized carbons (Fsp3) is 0.167. The molecule has 2 heteroatoms. The van der Waals surface area contributed by atoms with Gasteiger partial charge in [0, 0.05) is 24.8 Å². The maximum atomic E-state index is 3.98. The highest BCUT2D eigenvalue weighted by Gasteiger charge is 1.81. The first-order valence-electron chi connectivity index (χ1n) is 4.52. The molecule has 0 amide bonds. The summed E-state index contributed by atoms with van der Waals surface area (Å²) in [5.41, 5.74) is 2.45. The van der Waals surface area contributed by atoms with Gasteiger partial charge in [-0.1, -0.05) is 12.1 Å². The number of hydrogen-bond donors (Lipinski definition) is 0. The van der Waals surface area contributed by atoms with Gasteiger partial charge in [0.25, 0.3) is 0 Å². The van der Waals surface area contributed by atoms with Crippen LogP contribution in [0, 0.1) is 13.8 Å². The van der Waals surface area contributed by atoms with E-state index >= 15 is 0 Å². The van der Waals surface area contributed by atoms with Crippen LogP contribution in [0.15, 0.2) is 49.1 Å². The molecule has 2 aromatic rings. The van der Waals surface area contributed by atoms with Crippen LogP contribution in [0.4, 0.5) is 0 Å². The summed E-state index contributed by atoms with van der Waals surface area (Å²) in [7, 11) is 0. The Kier molecular flexibility index (Phi) is 4.35. The lowest BCUT2D eigenvalue weighted by Gasteiger charge is -1.89. The van der Waals surface area contributed by atoms with Gasteiger partial charge in [-0.05, 0) is 37.1 Å². The molecule has 0 aliphatic carbocycles.